The van der Waals surface area contributed by atoms with Gasteiger partial charge in [-0.05, 0) is 43.4 Å². The van der Waals surface area contributed by atoms with Crippen LogP contribution in [0.5, 0.6) is 0 Å². The number of carbonyl (C=O) groups is 2. The van der Waals surface area contributed by atoms with Crippen molar-refractivity contribution in [2.75, 3.05) is 5.32 Å². The Balaban J connectivity index is 0.00000338. The number of hydrogen-bond donors (Lipinski definition) is 3. The molecule has 1 fully saturated rings. The van der Waals surface area contributed by atoms with E-state index in [1.807, 2.05) is 13.8 Å². The third-order valence-electron chi connectivity index (χ3n) is 4.48. The normalized spacial score (nSPS) is 15.9. The van der Waals surface area contributed by atoms with Crippen LogP contribution in [0.1, 0.15) is 62.7 Å². The molecule has 1 aliphatic carbocycles. The molecule has 0 unspecified atom stereocenters. The fourth-order valence-electron chi connectivity index (χ4n) is 3.14. The van der Waals surface area contributed by atoms with Crippen LogP contribution in [0.3, 0.4) is 0 Å². The maximum atomic E-state index is 12.5. The molecule has 0 radical (unpaired) electrons. The maximum Gasteiger partial charge on any atom is 0.253 e. The van der Waals surface area contributed by atoms with E-state index in [0.717, 1.165) is 25.7 Å². The van der Waals surface area contributed by atoms with Crippen LogP contribution in [0.4, 0.5) is 5.69 Å². The highest BCUT2D eigenvalue weighted by Gasteiger charge is 2.20. The fourth-order valence-corrected chi connectivity index (χ4v) is 3.34. The van der Waals surface area contributed by atoms with Gasteiger partial charge in [0.15, 0.2) is 0 Å². The summed E-state index contributed by atoms with van der Waals surface area (Å²) < 4.78 is 0. The quantitative estimate of drug-likeness (QED) is 0.669. The van der Waals surface area contributed by atoms with E-state index in [2.05, 4.69) is 10.6 Å². The van der Waals surface area contributed by atoms with Gasteiger partial charge in [0.25, 0.3) is 5.91 Å². The second-order valence-corrected chi connectivity index (χ2v) is 7.64. The lowest BCUT2D eigenvalue weighted by atomic mass is 9.95. The molecule has 1 aliphatic rings. The molecule has 1 saturated carbocycles. The average Bonchev–Trinajstić information content (AvgIpc) is 2.56. The zero-order valence-electron chi connectivity index (χ0n) is 15.4. The van der Waals surface area contributed by atoms with Crippen LogP contribution in [0.25, 0.3) is 0 Å². The van der Waals surface area contributed by atoms with Crippen molar-refractivity contribution < 1.29 is 9.59 Å². The summed E-state index contributed by atoms with van der Waals surface area (Å²) in [6.07, 6.45) is 6.12. The molecule has 2 amide bonds. The Labute approximate surface area is 166 Å². The summed E-state index contributed by atoms with van der Waals surface area (Å²) in [6, 6.07) is 4.55. The second kappa shape index (κ2) is 10.8. The molecule has 0 spiro atoms. The van der Waals surface area contributed by atoms with Gasteiger partial charge in [-0.3, -0.25) is 9.59 Å². The molecular weight excluding hydrogens is 373 g/mol. The Morgan fingerprint density at radius 3 is 2.50 bits per heavy atom. The van der Waals surface area contributed by atoms with E-state index in [1.165, 1.54) is 6.42 Å². The standard InChI is InChI=1S/C19H28ClN3O2.ClH/c1-12(2)10-17(21)19(25)23-14-8-9-16(20)15(11-14)18(24)22-13-6-4-3-5-7-13;/h8-9,11-13,17H,3-7,10,21H2,1-2H3,(H,22,24)(H,23,25);1H/t17-;/m0./s1. The van der Waals surface area contributed by atoms with Gasteiger partial charge in [-0.25, -0.2) is 0 Å². The Morgan fingerprint density at radius 2 is 1.88 bits per heavy atom. The van der Waals surface area contributed by atoms with Crippen LogP contribution in [0, 0.1) is 5.92 Å². The fraction of sp³-hybridized carbons (Fsp3) is 0.579. The van der Waals surface area contributed by atoms with Crippen LogP contribution in [-0.4, -0.2) is 23.9 Å². The summed E-state index contributed by atoms with van der Waals surface area (Å²) in [6.45, 7) is 4.03. The van der Waals surface area contributed by atoms with Crippen LogP contribution >= 0.6 is 24.0 Å². The van der Waals surface area contributed by atoms with E-state index in [9.17, 15) is 9.59 Å². The number of hydrogen-bond acceptors (Lipinski definition) is 3. The van der Waals surface area contributed by atoms with E-state index >= 15 is 0 Å². The van der Waals surface area contributed by atoms with Gasteiger partial charge < -0.3 is 16.4 Å². The third-order valence-corrected chi connectivity index (χ3v) is 4.81. The molecule has 0 saturated heterocycles. The minimum Gasteiger partial charge on any atom is -0.349 e. The van der Waals surface area contributed by atoms with Gasteiger partial charge in [0.05, 0.1) is 16.6 Å². The molecule has 7 heteroatoms. The number of carbonyl (C=O) groups excluding carboxylic acids is 2. The number of nitrogens with two attached hydrogens (primary N) is 1. The molecule has 5 nitrogen and oxygen atoms in total. The van der Waals surface area contributed by atoms with Crippen molar-refractivity contribution in [1.29, 1.82) is 0 Å². The lowest BCUT2D eigenvalue weighted by molar-refractivity contribution is -0.117. The van der Waals surface area contributed by atoms with E-state index in [-0.39, 0.29) is 30.3 Å². The first kappa shape index (κ1) is 22.7. The van der Waals surface area contributed by atoms with E-state index in [4.69, 9.17) is 17.3 Å². The zero-order valence-corrected chi connectivity index (χ0v) is 17.0. The Hall–Kier alpha value is -1.30. The van der Waals surface area contributed by atoms with Crippen molar-refractivity contribution in [3.63, 3.8) is 0 Å². The van der Waals surface area contributed by atoms with E-state index in [1.54, 1.807) is 18.2 Å². The lowest BCUT2D eigenvalue weighted by Crippen LogP contribution is -2.37. The molecule has 1 aromatic rings. The summed E-state index contributed by atoms with van der Waals surface area (Å²) in [5.41, 5.74) is 6.81. The number of halogens is 2. The van der Waals surface area contributed by atoms with Crippen LogP contribution in [-0.2, 0) is 4.79 Å². The minimum absolute atomic E-state index is 0. The summed E-state index contributed by atoms with van der Waals surface area (Å²) in [7, 11) is 0. The second-order valence-electron chi connectivity index (χ2n) is 7.23. The molecule has 4 N–H and O–H groups in total. The smallest absolute Gasteiger partial charge is 0.253 e. The Morgan fingerprint density at radius 1 is 1.23 bits per heavy atom. The summed E-state index contributed by atoms with van der Waals surface area (Å²) in [5, 5.41) is 6.19. The highest BCUT2D eigenvalue weighted by molar-refractivity contribution is 6.34. The number of amides is 2. The summed E-state index contributed by atoms with van der Waals surface area (Å²) in [4.78, 5) is 24.7. The topological polar surface area (TPSA) is 84.2 Å². The summed E-state index contributed by atoms with van der Waals surface area (Å²) in [5.74, 6) is -0.114. The molecule has 0 aliphatic heterocycles. The molecule has 2 rings (SSSR count). The zero-order chi connectivity index (χ0) is 18.4. The van der Waals surface area contributed by atoms with Gasteiger partial charge >= 0.3 is 0 Å². The average molecular weight is 402 g/mol. The van der Waals surface area contributed by atoms with Crippen molar-refractivity contribution in [3.8, 4) is 0 Å². The molecule has 26 heavy (non-hydrogen) atoms. The molecule has 0 heterocycles. The Kier molecular flexibility index (Phi) is 9.41. The first-order valence-corrected chi connectivity index (χ1v) is 9.41. The van der Waals surface area contributed by atoms with Crippen LogP contribution in [0.15, 0.2) is 18.2 Å². The molecule has 1 aromatic carbocycles. The number of anilines is 1. The molecular formula is C19H29Cl2N3O2. The third kappa shape index (κ3) is 6.78. The van der Waals surface area contributed by atoms with Crippen molar-refractivity contribution in [2.45, 2.75) is 64.5 Å². The van der Waals surface area contributed by atoms with Gasteiger partial charge in [-0.2, -0.15) is 0 Å². The monoisotopic (exact) mass is 401 g/mol. The predicted molar refractivity (Wildman–Crippen MR) is 109 cm³/mol. The first-order valence-electron chi connectivity index (χ1n) is 9.03. The minimum atomic E-state index is -0.574. The molecule has 1 atom stereocenters. The van der Waals surface area contributed by atoms with Crippen molar-refractivity contribution in [2.24, 2.45) is 11.7 Å². The SMILES string of the molecule is CC(C)C[C@H](N)C(=O)Nc1ccc(Cl)c(C(=O)NC2CCCCC2)c1.Cl. The molecule has 146 valence electrons. The van der Waals surface area contributed by atoms with Gasteiger partial charge in [0.2, 0.25) is 5.91 Å². The van der Waals surface area contributed by atoms with Crippen LogP contribution in [0.2, 0.25) is 5.02 Å². The van der Waals surface area contributed by atoms with Crippen molar-refractivity contribution >= 4 is 41.5 Å². The Bertz CT molecular complexity index is 617. The highest BCUT2D eigenvalue weighted by atomic mass is 35.5. The highest BCUT2D eigenvalue weighted by Crippen LogP contribution is 2.23. The number of nitrogens with one attached hydrogen (secondary N) is 2. The van der Waals surface area contributed by atoms with Gasteiger partial charge in [-0.1, -0.05) is 44.7 Å². The largest absolute Gasteiger partial charge is 0.349 e. The van der Waals surface area contributed by atoms with Crippen molar-refractivity contribution in [1.82, 2.24) is 5.32 Å². The summed E-state index contributed by atoms with van der Waals surface area (Å²) >= 11 is 6.18. The maximum absolute atomic E-state index is 12.5. The van der Waals surface area contributed by atoms with Crippen LogP contribution < -0.4 is 16.4 Å². The molecule has 0 bridgehead atoms. The van der Waals surface area contributed by atoms with Gasteiger partial charge in [-0.15, -0.1) is 12.4 Å². The number of benzene rings is 1. The van der Waals surface area contributed by atoms with E-state index < -0.39 is 6.04 Å². The lowest BCUT2D eigenvalue weighted by Gasteiger charge is -2.23. The van der Waals surface area contributed by atoms with Gasteiger partial charge in [0.1, 0.15) is 0 Å². The van der Waals surface area contributed by atoms with Gasteiger partial charge in [0, 0.05) is 11.7 Å². The number of rotatable bonds is 6. The van der Waals surface area contributed by atoms with E-state index in [0.29, 0.717) is 28.6 Å². The first-order chi connectivity index (χ1) is 11.9. The predicted octanol–water partition coefficient (Wildman–Crippen LogP) is 4.14. The van der Waals surface area contributed by atoms with Crippen molar-refractivity contribution in [3.05, 3.63) is 28.8 Å². The molecule has 0 aromatic heterocycles.